The molecular formula is C6H2FN2. The molecule has 0 saturated carbocycles. The first-order valence-corrected chi connectivity index (χ1v) is 2.27. The van der Waals surface area contributed by atoms with E-state index in [4.69, 9.17) is 5.26 Å². The highest BCUT2D eigenvalue weighted by Gasteiger charge is 1.90. The lowest BCUT2D eigenvalue weighted by molar-refractivity contribution is 0.618. The number of hydrogen-bond donors (Lipinski definition) is 0. The van der Waals surface area contributed by atoms with Crippen LogP contribution in [0.2, 0.25) is 0 Å². The highest BCUT2D eigenvalue weighted by molar-refractivity contribution is 5.18. The van der Waals surface area contributed by atoms with Gasteiger partial charge in [-0.25, -0.2) is 9.37 Å². The summed E-state index contributed by atoms with van der Waals surface area (Å²) in [5.74, 6) is -0.547. The van der Waals surface area contributed by atoms with Gasteiger partial charge in [-0.15, -0.1) is 0 Å². The summed E-state index contributed by atoms with van der Waals surface area (Å²) in [6.07, 6.45) is 2.01. The number of aromatic nitrogens is 1. The molecular weight excluding hydrogens is 119 g/mol. The highest BCUT2D eigenvalue weighted by Crippen LogP contribution is 1.93. The van der Waals surface area contributed by atoms with Crippen molar-refractivity contribution in [3.8, 4) is 6.07 Å². The fraction of sp³-hybridized carbons (Fsp3) is 0. The Bertz CT molecular complexity index is 234. The summed E-state index contributed by atoms with van der Waals surface area (Å²) < 4.78 is 12.0. The third kappa shape index (κ3) is 1.23. The van der Waals surface area contributed by atoms with Gasteiger partial charge in [0.05, 0.1) is 0 Å². The largest absolute Gasteiger partial charge is 0.232 e. The molecule has 3 heteroatoms. The lowest BCUT2D eigenvalue weighted by atomic mass is 10.4. The zero-order valence-electron chi connectivity index (χ0n) is 4.43. The van der Waals surface area contributed by atoms with Gasteiger partial charge < -0.3 is 0 Å². The molecule has 0 aromatic carbocycles. The summed E-state index contributed by atoms with van der Waals surface area (Å²) in [5, 5.41) is 8.17. The quantitative estimate of drug-likeness (QED) is 0.511. The summed E-state index contributed by atoms with van der Waals surface area (Å²) in [4.78, 5) is 3.34. The maximum Gasteiger partial charge on any atom is 0.151 e. The van der Waals surface area contributed by atoms with E-state index >= 15 is 0 Å². The molecule has 1 rings (SSSR count). The topological polar surface area (TPSA) is 36.7 Å². The normalized spacial score (nSPS) is 8.44. The first-order valence-electron chi connectivity index (χ1n) is 2.27. The van der Waals surface area contributed by atoms with Crippen LogP contribution in [0.25, 0.3) is 0 Å². The Balaban J connectivity index is 3.06. The smallest absolute Gasteiger partial charge is 0.151 e. The molecule has 1 radical (unpaired) electrons. The van der Waals surface area contributed by atoms with Gasteiger partial charge in [0.15, 0.2) is 5.82 Å². The van der Waals surface area contributed by atoms with Crippen molar-refractivity contribution in [1.82, 2.24) is 4.98 Å². The first-order chi connectivity index (χ1) is 4.33. The molecule has 0 bridgehead atoms. The summed E-state index contributed by atoms with van der Waals surface area (Å²) >= 11 is 0. The third-order valence-electron chi connectivity index (χ3n) is 0.785. The van der Waals surface area contributed by atoms with Crippen LogP contribution in [0, 0.1) is 23.3 Å². The average Bonchev–Trinajstić information content (AvgIpc) is 1.90. The van der Waals surface area contributed by atoms with Crippen LogP contribution < -0.4 is 0 Å². The van der Waals surface area contributed by atoms with Crippen LogP contribution in [0.5, 0.6) is 0 Å². The van der Waals surface area contributed by atoms with E-state index in [1.54, 1.807) is 6.07 Å². The predicted octanol–water partition coefficient (Wildman–Crippen LogP) is 0.893. The number of pyridine rings is 1. The standard InChI is InChI=1S/C6H2FN2/c7-5-1-2-6(3-8)9-4-5/h1-2H. The number of halogens is 1. The monoisotopic (exact) mass is 121 g/mol. The van der Waals surface area contributed by atoms with Gasteiger partial charge in [0, 0.05) is 0 Å². The molecule has 1 aromatic heterocycles. The van der Waals surface area contributed by atoms with Crippen LogP contribution >= 0.6 is 0 Å². The maximum absolute atomic E-state index is 12.0. The Hall–Kier alpha value is -1.43. The fourth-order valence-corrected chi connectivity index (χ4v) is 0.403. The van der Waals surface area contributed by atoms with Crippen LogP contribution in [-0.4, -0.2) is 4.98 Å². The minimum Gasteiger partial charge on any atom is -0.232 e. The van der Waals surface area contributed by atoms with Crippen molar-refractivity contribution in [2.75, 3.05) is 0 Å². The molecule has 0 N–H and O–H groups in total. The Morgan fingerprint density at radius 3 is 2.89 bits per heavy atom. The van der Waals surface area contributed by atoms with Crippen molar-refractivity contribution in [3.05, 3.63) is 29.8 Å². The van der Waals surface area contributed by atoms with Crippen LogP contribution in [0.1, 0.15) is 5.69 Å². The second kappa shape index (κ2) is 2.23. The van der Waals surface area contributed by atoms with Crippen molar-refractivity contribution in [1.29, 1.82) is 5.26 Å². The van der Waals surface area contributed by atoms with Gasteiger partial charge in [-0.3, -0.25) is 0 Å². The Morgan fingerprint density at radius 2 is 2.44 bits per heavy atom. The van der Waals surface area contributed by atoms with E-state index in [2.05, 4.69) is 4.98 Å². The average molecular weight is 121 g/mol. The second-order valence-corrected chi connectivity index (χ2v) is 1.40. The molecule has 0 atom stereocenters. The van der Waals surface area contributed by atoms with Gasteiger partial charge in [0.25, 0.3) is 0 Å². The van der Waals surface area contributed by atoms with E-state index in [1.807, 2.05) is 6.20 Å². The SMILES string of the molecule is N#Cc1ccc(F)[c]n1. The number of hydrogen-bond acceptors (Lipinski definition) is 2. The number of nitrogens with zero attached hydrogens (tertiary/aromatic N) is 2. The molecule has 1 aromatic rings. The van der Waals surface area contributed by atoms with Crippen LogP contribution in [-0.2, 0) is 0 Å². The van der Waals surface area contributed by atoms with Crippen LogP contribution in [0.15, 0.2) is 12.1 Å². The third-order valence-corrected chi connectivity index (χ3v) is 0.785. The van der Waals surface area contributed by atoms with Crippen LogP contribution in [0.3, 0.4) is 0 Å². The minimum absolute atomic E-state index is 0.177. The predicted molar refractivity (Wildman–Crippen MR) is 27.7 cm³/mol. The summed E-state index contributed by atoms with van der Waals surface area (Å²) in [6.45, 7) is 0. The van der Waals surface area contributed by atoms with E-state index < -0.39 is 5.82 Å². The number of rotatable bonds is 0. The Morgan fingerprint density at radius 1 is 1.67 bits per heavy atom. The lowest BCUT2D eigenvalue weighted by Crippen LogP contribution is -1.82. The summed E-state index contributed by atoms with van der Waals surface area (Å²) in [6, 6.07) is 4.19. The highest BCUT2D eigenvalue weighted by atomic mass is 19.1. The minimum atomic E-state index is -0.547. The molecule has 0 saturated heterocycles. The van der Waals surface area contributed by atoms with Gasteiger partial charge in [0.2, 0.25) is 0 Å². The zero-order valence-corrected chi connectivity index (χ0v) is 4.43. The molecule has 0 aliphatic rings. The van der Waals surface area contributed by atoms with E-state index in [0.29, 0.717) is 0 Å². The van der Waals surface area contributed by atoms with Gasteiger partial charge in [-0.1, -0.05) is 0 Å². The van der Waals surface area contributed by atoms with Crippen molar-refractivity contribution in [2.45, 2.75) is 0 Å². The first kappa shape index (κ1) is 5.70. The molecule has 0 spiro atoms. The van der Waals surface area contributed by atoms with Crippen molar-refractivity contribution < 1.29 is 4.39 Å². The van der Waals surface area contributed by atoms with Crippen molar-refractivity contribution in [3.63, 3.8) is 0 Å². The zero-order chi connectivity index (χ0) is 6.69. The van der Waals surface area contributed by atoms with E-state index in [1.165, 1.54) is 6.07 Å². The maximum atomic E-state index is 12.0. The molecule has 43 valence electrons. The Kier molecular flexibility index (Phi) is 1.41. The van der Waals surface area contributed by atoms with Crippen molar-refractivity contribution in [2.24, 2.45) is 0 Å². The Labute approximate surface area is 51.6 Å². The molecule has 1 heterocycles. The summed E-state index contributed by atoms with van der Waals surface area (Å²) in [5.41, 5.74) is 0.177. The fourth-order valence-electron chi connectivity index (χ4n) is 0.403. The molecule has 9 heavy (non-hydrogen) atoms. The molecule has 0 aliphatic carbocycles. The lowest BCUT2D eigenvalue weighted by Gasteiger charge is -1.83. The van der Waals surface area contributed by atoms with E-state index in [9.17, 15) is 4.39 Å². The molecule has 0 aliphatic heterocycles. The van der Waals surface area contributed by atoms with Crippen LogP contribution in [0.4, 0.5) is 4.39 Å². The van der Waals surface area contributed by atoms with Crippen molar-refractivity contribution >= 4 is 0 Å². The van der Waals surface area contributed by atoms with Gasteiger partial charge in [-0.05, 0) is 12.1 Å². The molecule has 2 nitrogen and oxygen atoms in total. The molecule has 0 amide bonds. The van der Waals surface area contributed by atoms with E-state index in [-0.39, 0.29) is 5.69 Å². The van der Waals surface area contributed by atoms with E-state index in [0.717, 1.165) is 6.07 Å². The second-order valence-electron chi connectivity index (χ2n) is 1.40. The van der Waals surface area contributed by atoms with Gasteiger partial charge >= 0.3 is 0 Å². The summed E-state index contributed by atoms with van der Waals surface area (Å²) in [7, 11) is 0. The van der Waals surface area contributed by atoms with Gasteiger partial charge in [0.1, 0.15) is 18.0 Å². The number of nitriles is 1. The molecule has 0 fully saturated rings. The molecule has 0 unspecified atom stereocenters. The van der Waals surface area contributed by atoms with Gasteiger partial charge in [-0.2, -0.15) is 5.26 Å².